The molecule has 0 bridgehead atoms. The largest absolute Gasteiger partial charge is 0.349 e. The number of nitrogens with one attached hydrogen (secondary N) is 1. The van der Waals surface area contributed by atoms with Gasteiger partial charge in [0.25, 0.3) is 11.8 Å². The van der Waals surface area contributed by atoms with E-state index in [0.29, 0.717) is 23.2 Å². The maximum absolute atomic E-state index is 12.7. The standard InChI is InChI=1S/C21H24N6O2/c1-13-17(20(28)24-16-5-3-2-4-6-16)12-23-27(13)18-11-15(9-10-22-18)21-25-19(26-29-21)14-7-8-14/h9-12,14,16H,2-8H2,1H3,(H,24,28). The predicted molar refractivity (Wildman–Crippen MR) is 106 cm³/mol. The van der Waals surface area contributed by atoms with Gasteiger partial charge in [-0.25, -0.2) is 9.67 Å². The highest BCUT2D eigenvalue weighted by atomic mass is 16.5. The van der Waals surface area contributed by atoms with Crippen LogP contribution in [0.4, 0.5) is 0 Å². The average molecular weight is 392 g/mol. The molecule has 1 N–H and O–H groups in total. The second kappa shape index (κ2) is 7.42. The van der Waals surface area contributed by atoms with Crippen LogP contribution >= 0.6 is 0 Å². The van der Waals surface area contributed by atoms with E-state index in [9.17, 15) is 4.79 Å². The van der Waals surface area contributed by atoms with Crippen LogP contribution in [0.5, 0.6) is 0 Å². The molecule has 0 spiro atoms. The van der Waals surface area contributed by atoms with Gasteiger partial charge in [-0.15, -0.1) is 0 Å². The van der Waals surface area contributed by atoms with E-state index in [1.165, 1.54) is 19.3 Å². The molecule has 2 saturated carbocycles. The molecule has 3 heterocycles. The monoisotopic (exact) mass is 392 g/mol. The molecular formula is C21H24N6O2. The number of hydrogen-bond donors (Lipinski definition) is 1. The highest BCUT2D eigenvalue weighted by Crippen LogP contribution is 2.38. The topological polar surface area (TPSA) is 98.7 Å². The summed E-state index contributed by atoms with van der Waals surface area (Å²) < 4.78 is 7.10. The lowest BCUT2D eigenvalue weighted by atomic mass is 9.95. The maximum Gasteiger partial charge on any atom is 0.258 e. The van der Waals surface area contributed by atoms with Gasteiger partial charge in [0.05, 0.1) is 17.5 Å². The van der Waals surface area contributed by atoms with Gasteiger partial charge >= 0.3 is 0 Å². The third-order valence-electron chi connectivity index (χ3n) is 5.79. The summed E-state index contributed by atoms with van der Waals surface area (Å²) in [5.41, 5.74) is 2.13. The highest BCUT2D eigenvalue weighted by Gasteiger charge is 2.29. The molecule has 0 saturated heterocycles. The van der Waals surface area contributed by atoms with Crippen molar-refractivity contribution in [2.75, 3.05) is 0 Å². The molecular weight excluding hydrogens is 368 g/mol. The smallest absolute Gasteiger partial charge is 0.258 e. The Hall–Kier alpha value is -3.03. The summed E-state index contributed by atoms with van der Waals surface area (Å²) in [4.78, 5) is 21.6. The van der Waals surface area contributed by atoms with Crippen molar-refractivity contribution in [1.29, 1.82) is 0 Å². The van der Waals surface area contributed by atoms with E-state index in [1.807, 2.05) is 19.1 Å². The molecule has 3 aromatic heterocycles. The number of rotatable bonds is 5. The number of carbonyl (C=O) groups is 1. The Morgan fingerprint density at radius 1 is 1.21 bits per heavy atom. The molecule has 5 rings (SSSR count). The first-order valence-corrected chi connectivity index (χ1v) is 10.3. The summed E-state index contributed by atoms with van der Waals surface area (Å²) in [6, 6.07) is 3.95. The molecule has 150 valence electrons. The van der Waals surface area contributed by atoms with Gasteiger partial charge < -0.3 is 9.84 Å². The van der Waals surface area contributed by atoms with E-state index in [0.717, 1.165) is 42.8 Å². The van der Waals surface area contributed by atoms with Crippen LogP contribution in [0.15, 0.2) is 29.0 Å². The molecule has 29 heavy (non-hydrogen) atoms. The predicted octanol–water partition coefficient (Wildman–Crippen LogP) is 3.57. The van der Waals surface area contributed by atoms with Crippen molar-refractivity contribution in [1.82, 2.24) is 30.2 Å². The van der Waals surface area contributed by atoms with Gasteiger partial charge in [-0.1, -0.05) is 24.4 Å². The van der Waals surface area contributed by atoms with E-state index in [4.69, 9.17) is 4.52 Å². The fourth-order valence-electron chi connectivity index (χ4n) is 3.90. The lowest BCUT2D eigenvalue weighted by Crippen LogP contribution is -2.36. The van der Waals surface area contributed by atoms with Crippen LogP contribution in [0.25, 0.3) is 17.3 Å². The van der Waals surface area contributed by atoms with Gasteiger partial charge in [0.2, 0.25) is 0 Å². The second-order valence-electron chi connectivity index (χ2n) is 8.00. The van der Waals surface area contributed by atoms with E-state index >= 15 is 0 Å². The number of nitrogens with zero attached hydrogens (tertiary/aromatic N) is 5. The summed E-state index contributed by atoms with van der Waals surface area (Å²) in [5.74, 6) is 2.24. The molecule has 8 nitrogen and oxygen atoms in total. The van der Waals surface area contributed by atoms with E-state index in [2.05, 4.69) is 25.5 Å². The number of hydrogen-bond acceptors (Lipinski definition) is 6. The molecule has 8 heteroatoms. The van der Waals surface area contributed by atoms with Crippen molar-refractivity contribution >= 4 is 5.91 Å². The maximum atomic E-state index is 12.7. The summed E-state index contributed by atoms with van der Waals surface area (Å²) >= 11 is 0. The Labute approximate surface area is 168 Å². The number of amides is 1. The molecule has 0 aliphatic heterocycles. The number of carbonyl (C=O) groups excluding carboxylic acids is 1. The lowest BCUT2D eigenvalue weighted by Gasteiger charge is -2.22. The van der Waals surface area contributed by atoms with E-state index in [-0.39, 0.29) is 11.9 Å². The van der Waals surface area contributed by atoms with Gasteiger partial charge in [0, 0.05) is 23.7 Å². The van der Waals surface area contributed by atoms with Gasteiger partial charge in [-0.3, -0.25) is 4.79 Å². The summed E-state index contributed by atoms with van der Waals surface area (Å²) in [7, 11) is 0. The van der Waals surface area contributed by atoms with Gasteiger partial charge in [0.1, 0.15) is 0 Å². The van der Waals surface area contributed by atoms with Crippen molar-refractivity contribution in [3.05, 3.63) is 41.6 Å². The Bertz CT molecular complexity index is 1030. The first-order chi connectivity index (χ1) is 14.2. The molecule has 2 fully saturated rings. The van der Waals surface area contributed by atoms with Crippen LogP contribution in [0.3, 0.4) is 0 Å². The van der Waals surface area contributed by atoms with Crippen LogP contribution in [-0.2, 0) is 0 Å². The minimum Gasteiger partial charge on any atom is -0.349 e. The normalized spacial score (nSPS) is 17.4. The van der Waals surface area contributed by atoms with E-state index < -0.39 is 0 Å². The Morgan fingerprint density at radius 3 is 2.83 bits per heavy atom. The van der Waals surface area contributed by atoms with Crippen molar-refractivity contribution < 1.29 is 9.32 Å². The zero-order chi connectivity index (χ0) is 19.8. The van der Waals surface area contributed by atoms with Crippen molar-refractivity contribution in [2.45, 2.75) is 63.8 Å². The minimum atomic E-state index is -0.0669. The Morgan fingerprint density at radius 2 is 2.03 bits per heavy atom. The van der Waals surface area contributed by atoms with Crippen LogP contribution < -0.4 is 5.32 Å². The fourth-order valence-corrected chi connectivity index (χ4v) is 3.90. The third-order valence-corrected chi connectivity index (χ3v) is 5.79. The van der Waals surface area contributed by atoms with Crippen molar-refractivity contribution in [2.24, 2.45) is 0 Å². The lowest BCUT2D eigenvalue weighted by molar-refractivity contribution is 0.0927. The molecule has 2 aliphatic rings. The Kier molecular flexibility index (Phi) is 4.61. The van der Waals surface area contributed by atoms with E-state index in [1.54, 1.807) is 17.1 Å². The van der Waals surface area contributed by atoms with Gasteiger partial charge in [0.15, 0.2) is 11.6 Å². The van der Waals surface area contributed by atoms with Crippen LogP contribution in [0.2, 0.25) is 0 Å². The zero-order valence-corrected chi connectivity index (χ0v) is 16.5. The molecule has 0 unspecified atom stereocenters. The quantitative estimate of drug-likeness (QED) is 0.713. The SMILES string of the molecule is Cc1c(C(=O)NC2CCCCC2)cnn1-c1cc(-c2nc(C3CC3)no2)ccn1. The summed E-state index contributed by atoms with van der Waals surface area (Å²) in [6.07, 6.45) is 11.3. The van der Waals surface area contributed by atoms with Crippen LogP contribution in [-0.4, -0.2) is 36.9 Å². The molecule has 1 amide bonds. The molecule has 0 atom stereocenters. The molecule has 2 aliphatic carbocycles. The minimum absolute atomic E-state index is 0.0669. The number of pyridine rings is 1. The summed E-state index contributed by atoms with van der Waals surface area (Å²) in [5, 5.41) is 11.6. The first-order valence-electron chi connectivity index (χ1n) is 10.3. The molecule has 0 aromatic carbocycles. The van der Waals surface area contributed by atoms with Crippen molar-refractivity contribution in [3.8, 4) is 17.3 Å². The molecule has 0 radical (unpaired) electrons. The Balaban J connectivity index is 1.37. The fraction of sp³-hybridized carbons (Fsp3) is 0.476. The number of aromatic nitrogens is 5. The molecule has 3 aromatic rings. The van der Waals surface area contributed by atoms with Crippen molar-refractivity contribution in [3.63, 3.8) is 0 Å². The zero-order valence-electron chi connectivity index (χ0n) is 16.5. The average Bonchev–Trinajstić information content (AvgIpc) is 3.34. The second-order valence-corrected chi connectivity index (χ2v) is 8.00. The van der Waals surface area contributed by atoms with Crippen LogP contribution in [0, 0.1) is 6.92 Å². The van der Waals surface area contributed by atoms with Gasteiger partial charge in [-0.05, 0) is 44.7 Å². The summed E-state index contributed by atoms with van der Waals surface area (Å²) in [6.45, 7) is 1.88. The van der Waals surface area contributed by atoms with Crippen LogP contribution in [0.1, 0.15) is 72.7 Å². The first kappa shape index (κ1) is 18.0. The third kappa shape index (κ3) is 3.66. The van der Waals surface area contributed by atoms with Gasteiger partial charge in [-0.2, -0.15) is 10.1 Å². The highest BCUT2D eigenvalue weighted by molar-refractivity contribution is 5.95.